The summed E-state index contributed by atoms with van der Waals surface area (Å²) in [6, 6.07) is 13.3. The Hall–Kier alpha value is -3.59. The number of carboxylic acids is 1. The molecule has 1 aliphatic rings. The largest absolute Gasteiger partial charge is 0.489 e. The van der Waals surface area contributed by atoms with E-state index < -0.39 is 18.0 Å². The van der Waals surface area contributed by atoms with Gasteiger partial charge in [-0.25, -0.2) is 14.6 Å². The number of rotatable bonds is 7. The zero-order chi connectivity index (χ0) is 21.6. The number of aromatic amines is 1. The number of pyridine rings is 1. The Bertz CT molecular complexity index is 1030. The zero-order valence-corrected chi connectivity index (χ0v) is 16.9. The fourth-order valence-electron chi connectivity index (χ4n) is 3.68. The predicted octanol–water partition coefficient (Wildman–Crippen LogP) is 1.76. The Morgan fingerprint density at radius 2 is 1.94 bits per heavy atom. The van der Waals surface area contributed by atoms with Crippen LogP contribution in [0.1, 0.15) is 0 Å². The molecule has 0 spiro atoms. The van der Waals surface area contributed by atoms with Crippen LogP contribution in [-0.2, 0) is 14.3 Å². The number of aliphatic carboxylic acids is 1. The molecule has 1 saturated heterocycles. The lowest BCUT2D eigenvalue weighted by molar-refractivity contribution is -0.169. The molecule has 162 valence electrons. The summed E-state index contributed by atoms with van der Waals surface area (Å²) < 4.78 is 11.1. The van der Waals surface area contributed by atoms with Gasteiger partial charge in [0.15, 0.2) is 0 Å². The molecule has 4 rings (SSSR count). The Kier molecular flexibility index (Phi) is 6.32. The normalized spacial score (nSPS) is 15.5. The average Bonchev–Trinajstić information content (AvgIpc) is 3.28. The quantitative estimate of drug-likeness (QED) is 0.436. The molecule has 0 amide bonds. The lowest BCUT2D eigenvalue weighted by Crippen LogP contribution is -2.50. The van der Waals surface area contributed by atoms with E-state index in [1.54, 1.807) is 6.20 Å². The molecule has 1 aromatic carbocycles. The summed E-state index contributed by atoms with van der Waals surface area (Å²) in [7, 11) is 0. The van der Waals surface area contributed by atoms with Crippen molar-refractivity contribution < 1.29 is 24.2 Å². The Morgan fingerprint density at radius 3 is 2.68 bits per heavy atom. The van der Waals surface area contributed by atoms with Gasteiger partial charge in [0.1, 0.15) is 24.3 Å². The smallest absolute Gasteiger partial charge is 0.417 e. The molecule has 0 unspecified atom stereocenters. The van der Waals surface area contributed by atoms with Gasteiger partial charge >= 0.3 is 11.9 Å². The van der Waals surface area contributed by atoms with E-state index >= 15 is 0 Å². The van der Waals surface area contributed by atoms with Crippen molar-refractivity contribution in [1.29, 1.82) is 0 Å². The van der Waals surface area contributed by atoms with Crippen LogP contribution in [0.15, 0.2) is 54.9 Å². The van der Waals surface area contributed by atoms with Crippen molar-refractivity contribution in [3.8, 4) is 5.75 Å². The van der Waals surface area contributed by atoms with Crippen LogP contribution in [0.3, 0.4) is 0 Å². The molecule has 1 atom stereocenters. The molecule has 0 bridgehead atoms. The van der Waals surface area contributed by atoms with Crippen molar-refractivity contribution in [3.05, 3.63) is 54.9 Å². The molecule has 0 saturated carbocycles. The number of hydrogen-bond acceptors (Lipinski definition) is 7. The number of hydrogen-bond donors (Lipinski definition) is 2. The van der Waals surface area contributed by atoms with Crippen LogP contribution in [0.4, 0.5) is 5.82 Å². The van der Waals surface area contributed by atoms with Gasteiger partial charge in [-0.1, -0.05) is 12.1 Å². The highest BCUT2D eigenvalue weighted by Crippen LogP contribution is 2.24. The minimum atomic E-state index is -1.61. The summed E-state index contributed by atoms with van der Waals surface area (Å²) in [6.45, 7) is 3.48. The number of aromatic nitrogens is 2. The molecule has 3 heterocycles. The minimum Gasteiger partial charge on any atom is -0.489 e. The molecule has 0 aliphatic carbocycles. The number of fused-ring (bicyclic) bond motifs is 1. The first-order chi connectivity index (χ1) is 15.1. The van der Waals surface area contributed by atoms with Gasteiger partial charge in [-0.2, -0.15) is 0 Å². The fourth-order valence-corrected chi connectivity index (χ4v) is 3.68. The Labute approximate surface area is 179 Å². The van der Waals surface area contributed by atoms with Crippen LogP contribution in [0, 0.1) is 0 Å². The van der Waals surface area contributed by atoms with E-state index in [0.29, 0.717) is 12.3 Å². The monoisotopic (exact) mass is 424 g/mol. The standard InChI is InChI=1S/C22H24N4O5/c27-21(28)22(29)31-16(15-30-19-5-3-4-18-17(19)7-9-23-18)14-25-10-12-26(13-11-25)20-6-1-2-8-24-20/h1-9,16,23H,10-15H2,(H,27,28)/t16-/m0/s1. The van der Waals surface area contributed by atoms with Gasteiger partial charge in [0.2, 0.25) is 0 Å². The molecule has 1 aliphatic heterocycles. The second-order valence-corrected chi connectivity index (χ2v) is 7.31. The number of ether oxygens (including phenoxy) is 2. The molecular formula is C22H24N4O5. The van der Waals surface area contributed by atoms with Gasteiger partial charge in [0, 0.05) is 56.0 Å². The van der Waals surface area contributed by atoms with Gasteiger partial charge in [0.05, 0.1) is 0 Å². The molecule has 31 heavy (non-hydrogen) atoms. The Morgan fingerprint density at radius 1 is 1.10 bits per heavy atom. The molecule has 1 fully saturated rings. The van der Waals surface area contributed by atoms with Crippen molar-refractivity contribution in [3.63, 3.8) is 0 Å². The van der Waals surface area contributed by atoms with Crippen LogP contribution in [0.5, 0.6) is 5.75 Å². The van der Waals surface area contributed by atoms with Crippen molar-refractivity contribution >= 4 is 28.7 Å². The number of carbonyl (C=O) groups excluding carboxylic acids is 1. The highest BCUT2D eigenvalue weighted by molar-refractivity contribution is 6.28. The third-order valence-corrected chi connectivity index (χ3v) is 5.24. The summed E-state index contributed by atoms with van der Waals surface area (Å²) in [5, 5.41) is 9.86. The number of esters is 1. The van der Waals surface area contributed by atoms with E-state index in [2.05, 4.69) is 19.8 Å². The van der Waals surface area contributed by atoms with Crippen LogP contribution < -0.4 is 9.64 Å². The van der Waals surface area contributed by atoms with E-state index in [4.69, 9.17) is 14.6 Å². The first-order valence-corrected chi connectivity index (χ1v) is 10.1. The highest BCUT2D eigenvalue weighted by atomic mass is 16.6. The summed E-state index contributed by atoms with van der Waals surface area (Å²) >= 11 is 0. The molecular weight excluding hydrogens is 400 g/mol. The molecule has 0 radical (unpaired) electrons. The van der Waals surface area contributed by atoms with E-state index in [0.717, 1.165) is 42.9 Å². The number of carboxylic acid groups (broad SMARTS) is 1. The Balaban J connectivity index is 1.38. The topological polar surface area (TPSA) is 108 Å². The van der Waals surface area contributed by atoms with Crippen LogP contribution in [-0.4, -0.2) is 77.3 Å². The fraction of sp³-hybridized carbons (Fsp3) is 0.318. The highest BCUT2D eigenvalue weighted by Gasteiger charge is 2.26. The first kappa shape index (κ1) is 20.7. The molecule has 2 aromatic heterocycles. The summed E-state index contributed by atoms with van der Waals surface area (Å²) in [5.41, 5.74) is 0.933. The summed E-state index contributed by atoms with van der Waals surface area (Å²) in [6.07, 6.45) is 2.88. The number of nitrogens with zero attached hydrogens (tertiary/aromatic N) is 3. The predicted molar refractivity (Wildman–Crippen MR) is 114 cm³/mol. The van der Waals surface area contributed by atoms with E-state index in [1.807, 2.05) is 48.7 Å². The number of H-pyrrole nitrogens is 1. The molecule has 2 N–H and O–H groups in total. The molecule has 9 heteroatoms. The van der Waals surface area contributed by atoms with Crippen LogP contribution in [0.2, 0.25) is 0 Å². The maximum atomic E-state index is 11.7. The SMILES string of the molecule is O=C(O)C(=O)O[C@H](COc1cccc2[nH]ccc12)CN1CCN(c2ccccn2)CC1. The van der Waals surface area contributed by atoms with Crippen molar-refractivity contribution in [2.24, 2.45) is 0 Å². The summed E-state index contributed by atoms with van der Waals surface area (Å²) in [4.78, 5) is 34.5. The van der Waals surface area contributed by atoms with E-state index in [9.17, 15) is 9.59 Å². The van der Waals surface area contributed by atoms with Gasteiger partial charge in [0.25, 0.3) is 0 Å². The number of anilines is 1. The number of benzene rings is 1. The second kappa shape index (κ2) is 9.48. The third kappa shape index (κ3) is 5.13. The van der Waals surface area contributed by atoms with Crippen molar-refractivity contribution in [1.82, 2.24) is 14.9 Å². The first-order valence-electron chi connectivity index (χ1n) is 10.1. The number of piperazine rings is 1. The maximum Gasteiger partial charge on any atom is 0.417 e. The number of carbonyl (C=O) groups is 2. The van der Waals surface area contributed by atoms with Gasteiger partial charge < -0.3 is 24.5 Å². The average molecular weight is 424 g/mol. The molecule has 3 aromatic rings. The van der Waals surface area contributed by atoms with E-state index in [1.165, 1.54) is 0 Å². The molecule has 9 nitrogen and oxygen atoms in total. The second-order valence-electron chi connectivity index (χ2n) is 7.31. The third-order valence-electron chi connectivity index (χ3n) is 5.24. The van der Waals surface area contributed by atoms with Gasteiger partial charge in [-0.05, 0) is 30.3 Å². The maximum absolute atomic E-state index is 11.7. The van der Waals surface area contributed by atoms with Crippen molar-refractivity contribution in [2.45, 2.75) is 6.10 Å². The van der Waals surface area contributed by atoms with Crippen LogP contribution >= 0.6 is 0 Å². The van der Waals surface area contributed by atoms with E-state index in [-0.39, 0.29) is 6.61 Å². The lowest BCUT2D eigenvalue weighted by atomic mass is 10.2. The van der Waals surface area contributed by atoms with Gasteiger partial charge in [-0.15, -0.1) is 0 Å². The minimum absolute atomic E-state index is 0.0593. The van der Waals surface area contributed by atoms with Crippen LogP contribution in [0.25, 0.3) is 10.9 Å². The lowest BCUT2D eigenvalue weighted by Gasteiger charge is -2.36. The van der Waals surface area contributed by atoms with Crippen molar-refractivity contribution in [2.75, 3.05) is 44.2 Å². The zero-order valence-electron chi connectivity index (χ0n) is 16.9. The van der Waals surface area contributed by atoms with Gasteiger partial charge in [-0.3, -0.25) is 4.90 Å². The number of nitrogens with one attached hydrogen (secondary N) is 1. The summed E-state index contributed by atoms with van der Waals surface area (Å²) in [5.74, 6) is -1.31.